The Kier molecular flexibility index (Phi) is 2.83. The highest BCUT2D eigenvalue weighted by Crippen LogP contribution is 2.09. The molecule has 0 spiro atoms. The van der Waals surface area contributed by atoms with Crippen LogP contribution in [0.4, 0.5) is 0 Å². The molecule has 0 fully saturated rings. The lowest BCUT2D eigenvalue weighted by molar-refractivity contribution is 1.20. The molecule has 1 radical (unpaired) electrons. The average molecular weight is 179 g/mol. The van der Waals surface area contributed by atoms with Gasteiger partial charge in [0.1, 0.15) is 0 Å². The van der Waals surface area contributed by atoms with Crippen LogP contribution in [0.3, 0.4) is 0 Å². The first-order valence-corrected chi connectivity index (χ1v) is 4.71. The molecule has 0 saturated carbocycles. The van der Waals surface area contributed by atoms with Crippen LogP contribution in [0, 0.1) is 18.3 Å². The standard InChI is InChI=1S/C14H11/c1-3-7-13(8-4-1)11-12-14-9-5-2-6-10-14/h1-9H,10H2. The fourth-order valence-corrected chi connectivity index (χ4v) is 1.28. The molecule has 0 atom stereocenters. The molecule has 0 aliphatic heterocycles. The topological polar surface area (TPSA) is 0 Å². The van der Waals surface area contributed by atoms with E-state index in [4.69, 9.17) is 0 Å². The minimum atomic E-state index is 0.955. The maximum atomic E-state index is 3.17. The van der Waals surface area contributed by atoms with Crippen molar-refractivity contribution in [2.24, 2.45) is 0 Å². The van der Waals surface area contributed by atoms with E-state index in [-0.39, 0.29) is 0 Å². The summed E-state index contributed by atoms with van der Waals surface area (Å²) >= 11 is 0. The van der Waals surface area contributed by atoms with Crippen LogP contribution in [-0.2, 0) is 0 Å². The molecule has 2 rings (SSSR count). The highest BCUT2D eigenvalue weighted by atomic mass is 14.0. The fraction of sp³-hybridized carbons (Fsp3) is 0.0714. The summed E-state index contributed by atoms with van der Waals surface area (Å²) in [5.41, 5.74) is 2.25. The zero-order chi connectivity index (χ0) is 9.64. The van der Waals surface area contributed by atoms with Crippen LogP contribution >= 0.6 is 0 Å². The van der Waals surface area contributed by atoms with Crippen LogP contribution in [0.1, 0.15) is 12.0 Å². The molecule has 1 aromatic carbocycles. The third kappa shape index (κ3) is 2.37. The van der Waals surface area contributed by atoms with Gasteiger partial charge in [-0.3, -0.25) is 0 Å². The molecule has 0 N–H and O–H groups in total. The molecular formula is C14H11. The van der Waals surface area contributed by atoms with Gasteiger partial charge in [0.2, 0.25) is 0 Å². The molecule has 1 aliphatic carbocycles. The lowest BCUT2D eigenvalue weighted by atomic mass is 10.1. The van der Waals surface area contributed by atoms with Crippen molar-refractivity contribution >= 4 is 0 Å². The van der Waals surface area contributed by atoms with Gasteiger partial charge in [-0.2, -0.15) is 0 Å². The SMILES string of the molecule is C(#Cc1ccccc1)C1=CC=C[CH]C1. The number of allylic oxidation sites excluding steroid dienone is 4. The second-order valence-electron chi connectivity index (χ2n) is 3.13. The molecule has 67 valence electrons. The molecule has 0 unspecified atom stereocenters. The van der Waals surface area contributed by atoms with Crippen LogP contribution in [0.5, 0.6) is 0 Å². The van der Waals surface area contributed by atoms with E-state index < -0.39 is 0 Å². The zero-order valence-electron chi connectivity index (χ0n) is 7.90. The molecular weight excluding hydrogens is 168 g/mol. The van der Waals surface area contributed by atoms with Crippen molar-refractivity contribution in [2.45, 2.75) is 6.42 Å². The highest BCUT2D eigenvalue weighted by Gasteiger charge is 1.94. The molecule has 0 heterocycles. The molecule has 1 aliphatic rings. The molecule has 0 heteroatoms. The predicted molar refractivity (Wildman–Crippen MR) is 59.5 cm³/mol. The van der Waals surface area contributed by atoms with E-state index in [9.17, 15) is 0 Å². The molecule has 0 bridgehead atoms. The van der Waals surface area contributed by atoms with E-state index in [1.807, 2.05) is 42.5 Å². The largest absolute Gasteiger partial charge is 0.0804 e. The number of benzene rings is 1. The second-order valence-corrected chi connectivity index (χ2v) is 3.13. The summed E-state index contributed by atoms with van der Waals surface area (Å²) in [5, 5.41) is 0. The fourth-order valence-electron chi connectivity index (χ4n) is 1.28. The Morgan fingerprint density at radius 3 is 2.50 bits per heavy atom. The van der Waals surface area contributed by atoms with Crippen molar-refractivity contribution in [2.75, 3.05) is 0 Å². The first kappa shape index (κ1) is 8.84. The van der Waals surface area contributed by atoms with E-state index in [2.05, 4.69) is 24.3 Å². The lowest BCUT2D eigenvalue weighted by Gasteiger charge is -1.99. The number of rotatable bonds is 0. The Morgan fingerprint density at radius 2 is 1.79 bits per heavy atom. The number of hydrogen-bond acceptors (Lipinski definition) is 0. The quantitative estimate of drug-likeness (QED) is 0.537. The summed E-state index contributed by atoms with van der Waals surface area (Å²) < 4.78 is 0. The summed E-state index contributed by atoms with van der Waals surface area (Å²) in [6, 6.07) is 10.1. The van der Waals surface area contributed by atoms with Crippen molar-refractivity contribution in [1.29, 1.82) is 0 Å². The zero-order valence-corrected chi connectivity index (χ0v) is 7.90. The van der Waals surface area contributed by atoms with Crippen molar-refractivity contribution < 1.29 is 0 Å². The second kappa shape index (κ2) is 4.48. The van der Waals surface area contributed by atoms with E-state index in [1.165, 1.54) is 5.57 Å². The van der Waals surface area contributed by atoms with Crippen LogP contribution in [0.25, 0.3) is 0 Å². The molecule has 0 saturated heterocycles. The van der Waals surface area contributed by atoms with Gasteiger partial charge in [0, 0.05) is 11.1 Å². The third-order valence-corrected chi connectivity index (χ3v) is 2.02. The van der Waals surface area contributed by atoms with E-state index in [0.717, 1.165) is 12.0 Å². The molecule has 0 amide bonds. The van der Waals surface area contributed by atoms with E-state index in [0.29, 0.717) is 0 Å². The Morgan fingerprint density at radius 1 is 0.929 bits per heavy atom. The van der Waals surface area contributed by atoms with Crippen molar-refractivity contribution in [3.63, 3.8) is 0 Å². The predicted octanol–water partition coefficient (Wildman–Crippen LogP) is 3.13. The maximum Gasteiger partial charge on any atom is 0.0248 e. The van der Waals surface area contributed by atoms with Crippen LogP contribution < -0.4 is 0 Å². The summed E-state index contributed by atoms with van der Waals surface area (Å²) in [6.07, 6.45) is 9.22. The van der Waals surface area contributed by atoms with E-state index in [1.54, 1.807) is 0 Å². The smallest absolute Gasteiger partial charge is 0.0248 e. The lowest BCUT2D eigenvalue weighted by Crippen LogP contribution is -1.84. The summed E-state index contributed by atoms with van der Waals surface area (Å²) in [6.45, 7) is 0. The van der Waals surface area contributed by atoms with Gasteiger partial charge in [0.15, 0.2) is 0 Å². The first-order chi connectivity index (χ1) is 6.95. The molecule has 0 aromatic heterocycles. The minimum absolute atomic E-state index is 0.955. The third-order valence-electron chi connectivity index (χ3n) is 2.02. The van der Waals surface area contributed by atoms with E-state index >= 15 is 0 Å². The summed E-state index contributed by atoms with van der Waals surface area (Å²) in [5.74, 6) is 6.31. The Hall–Kier alpha value is -1.74. The molecule has 1 aromatic rings. The Bertz CT molecular complexity index is 410. The van der Waals surface area contributed by atoms with Crippen molar-refractivity contribution in [3.05, 3.63) is 66.1 Å². The molecule has 14 heavy (non-hydrogen) atoms. The monoisotopic (exact) mass is 179 g/mol. The van der Waals surface area contributed by atoms with Gasteiger partial charge in [-0.25, -0.2) is 0 Å². The summed E-state index contributed by atoms with van der Waals surface area (Å²) in [4.78, 5) is 0. The summed E-state index contributed by atoms with van der Waals surface area (Å²) in [7, 11) is 0. The van der Waals surface area contributed by atoms with Gasteiger partial charge in [-0.15, -0.1) is 0 Å². The van der Waals surface area contributed by atoms with Gasteiger partial charge in [0.25, 0.3) is 0 Å². The highest BCUT2D eigenvalue weighted by molar-refractivity contribution is 5.43. The van der Waals surface area contributed by atoms with Gasteiger partial charge in [0.05, 0.1) is 0 Å². The maximum absolute atomic E-state index is 3.17. The van der Waals surface area contributed by atoms with Crippen LogP contribution in [0.2, 0.25) is 0 Å². The van der Waals surface area contributed by atoms with Crippen molar-refractivity contribution in [1.82, 2.24) is 0 Å². The van der Waals surface area contributed by atoms with Crippen LogP contribution in [-0.4, -0.2) is 0 Å². The van der Waals surface area contributed by atoms with Gasteiger partial charge in [-0.1, -0.05) is 48.3 Å². The first-order valence-electron chi connectivity index (χ1n) is 4.71. The van der Waals surface area contributed by atoms with Crippen molar-refractivity contribution in [3.8, 4) is 11.8 Å². The van der Waals surface area contributed by atoms with Crippen LogP contribution in [0.15, 0.2) is 54.1 Å². The van der Waals surface area contributed by atoms with Gasteiger partial charge >= 0.3 is 0 Å². The molecule has 0 nitrogen and oxygen atoms in total. The normalized spacial score (nSPS) is 14.1. The number of hydrogen-bond donors (Lipinski definition) is 0. The Balaban J connectivity index is 2.14. The average Bonchev–Trinajstić information content (AvgIpc) is 2.29. The van der Waals surface area contributed by atoms with Gasteiger partial charge in [-0.05, 0) is 25.0 Å². The van der Waals surface area contributed by atoms with Gasteiger partial charge < -0.3 is 0 Å². The Labute approximate surface area is 85.0 Å². The minimum Gasteiger partial charge on any atom is -0.0804 e.